The second kappa shape index (κ2) is 6.27. The molecule has 4 aromatic rings. The maximum Gasteiger partial charge on any atom is 0.387 e. The van der Waals surface area contributed by atoms with Crippen LogP contribution in [0, 0.1) is 0 Å². The summed E-state index contributed by atoms with van der Waals surface area (Å²) in [5.74, 6) is 0.110. The Bertz CT molecular complexity index is 1000. The number of fused-ring (bicyclic) bond motifs is 1. The predicted molar refractivity (Wildman–Crippen MR) is 88.3 cm³/mol. The van der Waals surface area contributed by atoms with Crippen molar-refractivity contribution in [1.82, 2.24) is 19.6 Å². The van der Waals surface area contributed by atoms with E-state index in [0.717, 1.165) is 16.8 Å². The van der Waals surface area contributed by atoms with E-state index in [2.05, 4.69) is 19.8 Å². The molecule has 0 fully saturated rings. The zero-order chi connectivity index (χ0) is 17.2. The average molecular weight is 338 g/mol. The van der Waals surface area contributed by atoms with Crippen LogP contribution in [0.5, 0.6) is 5.75 Å². The molecule has 0 N–H and O–H groups in total. The first-order chi connectivity index (χ1) is 12.2. The first-order valence-electron chi connectivity index (χ1n) is 7.51. The summed E-state index contributed by atoms with van der Waals surface area (Å²) in [6.45, 7) is -2.84. The number of halogens is 2. The quantitative estimate of drug-likeness (QED) is 0.563. The highest BCUT2D eigenvalue weighted by Crippen LogP contribution is 2.27. The van der Waals surface area contributed by atoms with Crippen LogP contribution in [-0.4, -0.2) is 26.2 Å². The number of benzene rings is 1. The van der Waals surface area contributed by atoms with Crippen molar-refractivity contribution in [3.05, 3.63) is 67.1 Å². The number of pyridine rings is 1. The van der Waals surface area contributed by atoms with E-state index in [4.69, 9.17) is 0 Å². The number of hydrogen-bond acceptors (Lipinski definition) is 4. The molecule has 0 aliphatic heterocycles. The fourth-order valence-electron chi connectivity index (χ4n) is 2.60. The van der Waals surface area contributed by atoms with Gasteiger partial charge in [0.25, 0.3) is 0 Å². The van der Waals surface area contributed by atoms with Gasteiger partial charge in [0, 0.05) is 29.6 Å². The van der Waals surface area contributed by atoms with Crippen LogP contribution in [-0.2, 0) is 0 Å². The maximum absolute atomic E-state index is 12.3. The van der Waals surface area contributed by atoms with E-state index in [-0.39, 0.29) is 5.75 Å². The molecule has 0 aliphatic rings. The lowest BCUT2D eigenvalue weighted by Crippen LogP contribution is -2.01. The third kappa shape index (κ3) is 3.03. The van der Waals surface area contributed by atoms with Gasteiger partial charge in [0.2, 0.25) is 0 Å². The second-order valence-electron chi connectivity index (χ2n) is 5.27. The Labute approximate surface area is 141 Å². The van der Waals surface area contributed by atoms with Crippen LogP contribution >= 0.6 is 0 Å². The Balaban J connectivity index is 1.80. The Hall–Kier alpha value is -3.35. The summed E-state index contributed by atoms with van der Waals surface area (Å²) < 4.78 is 30.7. The van der Waals surface area contributed by atoms with Crippen molar-refractivity contribution in [1.29, 1.82) is 0 Å². The van der Waals surface area contributed by atoms with E-state index in [0.29, 0.717) is 11.3 Å². The van der Waals surface area contributed by atoms with Gasteiger partial charge >= 0.3 is 6.61 Å². The molecule has 0 saturated carbocycles. The van der Waals surface area contributed by atoms with Gasteiger partial charge in [-0.1, -0.05) is 0 Å². The summed E-state index contributed by atoms with van der Waals surface area (Å²) in [6, 6.07) is 13.9. The largest absolute Gasteiger partial charge is 0.435 e. The van der Waals surface area contributed by atoms with Crippen LogP contribution in [0.1, 0.15) is 0 Å². The molecule has 0 aliphatic carbocycles. The molecule has 0 bridgehead atoms. The molecule has 7 heteroatoms. The van der Waals surface area contributed by atoms with Crippen LogP contribution in [0.2, 0.25) is 0 Å². The molecule has 5 nitrogen and oxygen atoms in total. The number of aromatic nitrogens is 4. The molecule has 0 amide bonds. The van der Waals surface area contributed by atoms with Crippen molar-refractivity contribution < 1.29 is 13.5 Å². The summed E-state index contributed by atoms with van der Waals surface area (Å²) in [7, 11) is 0. The SMILES string of the molecule is FC(F)Oc1ccc(-c2cc(-c3ccncc3)n3nccc3n2)cc1. The van der Waals surface area contributed by atoms with Crippen molar-refractivity contribution in [2.75, 3.05) is 0 Å². The van der Waals surface area contributed by atoms with Gasteiger partial charge in [0.1, 0.15) is 5.75 Å². The number of ether oxygens (including phenoxy) is 1. The first kappa shape index (κ1) is 15.2. The maximum atomic E-state index is 12.3. The van der Waals surface area contributed by atoms with Gasteiger partial charge in [-0.2, -0.15) is 13.9 Å². The molecule has 0 unspecified atom stereocenters. The Morgan fingerprint density at radius 1 is 0.880 bits per heavy atom. The minimum atomic E-state index is -2.84. The highest BCUT2D eigenvalue weighted by atomic mass is 19.3. The molecule has 3 heterocycles. The minimum Gasteiger partial charge on any atom is -0.435 e. The first-order valence-corrected chi connectivity index (χ1v) is 7.51. The average Bonchev–Trinajstić information content (AvgIpc) is 3.10. The van der Waals surface area contributed by atoms with E-state index in [1.807, 2.05) is 24.3 Å². The summed E-state index contributed by atoms with van der Waals surface area (Å²) in [4.78, 5) is 8.61. The van der Waals surface area contributed by atoms with E-state index in [1.54, 1.807) is 35.2 Å². The van der Waals surface area contributed by atoms with E-state index in [1.165, 1.54) is 12.1 Å². The number of alkyl halides is 2. The third-order valence-corrected chi connectivity index (χ3v) is 3.71. The van der Waals surface area contributed by atoms with E-state index < -0.39 is 6.61 Å². The summed E-state index contributed by atoms with van der Waals surface area (Å²) in [5, 5.41) is 4.31. The fourth-order valence-corrected chi connectivity index (χ4v) is 2.60. The molecular weight excluding hydrogens is 326 g/mol. The van der Waals surface area contributed by atoms with Gasteiger partial charge in [-0.05, 0) is 42.5 Å². The van der Waals surface area contributed by atoms with Crippen LogP contribution < -0.4 is 4.74 Å². The molecule has 1 aromatic carbocycles. The lowest BCUT2D eigenvalue weighted by Gasteiger charge is -2.09. The molecule has 0 saturated heterocycles. The molecule has 124 valence electrons. The fraction of sp³-hybridized carbons (Fsp3) is 0.0556. The van der Waals surface area contributed by atoms with Gasteiger partial charge < -0.3 is 4.74 Å². The molecule has 0 radical (unpaired) electrons. The zero-order valence-corrected chi connectivity index (χ0v) is 12.9. The summed E-state index contributed by atoms with van der Waals surface area (Å²) >= 11 is 0. The van der Waals surface area contributed by atoms with Gasteiger partial charge in [-0.15, -0.1) is 0 Å². The third-order valence-electron chi connectivity index (χ3n) is 3.71. The standard InChI is InChI=1S/C18H12F2N4O/c19-18(20)25-14-3-1-12(2-4-14)15-11-16(13-5-8-21-9-6-13)24-17(23-15)7-10-22-24/h1-11,18H. The summed E-state index contributed by atoms with van der Waals surface area (Å²) in [5.41, 5.74) is 4.01. The monoisotopic (exact) mass is 338 g/mol. The van der Waals surface area contributed by atoms with Crippen molar-refractivity contribution in [2.45, 2.75) is 6.61 Å². The number of rotatable bonds is 4. The van der Waals surface area contributed by atoms with Crippen LogP contribution in [0.3, 0.4) is 0 Å². The molecule has 0 spiro atoms. The van der Waals surface area contributed by atoms with Crippen molar-refractivity contribution in [3.63, 3.8) is 0 Å². The minimum absolute atomic E-state index is 0.110. The van der Waals surface area contributed by atoms with Gasteiger partial charge in [0.15, 0.2) is 5.65 Å². The predicted octanol–water partition coefficient (Wildman–Crippen LogP) is 4.06. The van der Waals surface area contributed by atoms with Crippen molar-refractivity contribution in [2.24, 2.45) is 0 Å². The highest BCUT2D eigenvalue weighted by molar-refractivity contribution is 5.71. The highest BCUT2D eigenvalue weighted by Gasteiger charge is 2.11. The van der Waals surface area contributed by atoms with Crippen LogP contribution in [0.4, 0.5) is 8.78 Å². The van der Waals surface area contributed by atoms with E-state index in [9.17, 15) is 8.78 Å². The zero-order valence-electron chi connectivity index (χ0n) is 12.9. The topological polar surface area (TPSA) is 52.3 Å². The Kier molecular flexibility index (Phi) is 3.81. The molecule has 4 rings (SSSR count). The lowest BCUT2D eigenvalue weighted by molar-refractivity contribution is -0.0498. The van der Waals surface area contributed by atoms with Crippen molar-refractivity contribution in [3.8, 4) is 28.3 Å². The van der Waals surface area contributed by atoms with Crippen LogP contribution in [0.15, 0.2) is 67.1 Å². The van der Waals surface area contributed by atoms with Crippen molar-refractivity contribution >= 4 is 5.65 Å². The molecule has 0 atom stereocenters. The smallest absolute Gasteiger partial charge is 0.387 e. The van der Waals surface area contributed by atoms with Gasteiger partial charge in [-0.25, -0.2) is 9.50 Å². The van der Waals surface area contributed by atoms with Gasteiger partial charge in [0.05, 0.1) is 17.6 Å². The normalized spacial score (nSPS) is 11.2. The lowest BCUT2D eigenvalue weighted by atomic mass is 10.1. The second-order valence-corrected chi connectivity index (χ2v) is 5.27. The molecule has 3 aromatic heterocycles. The Morgan fingerprint density at radius 3 is 2.36 bits per heavy atom. The Morgan fingerprint density at radius 2 is 1.64 bits per heavy atom. The summed E-state index contributed by atoms with van der Waals surface area (Å²) in [6.07, 6.45) is 5.10. The molecule has 25 heavy (non-hydrogen) atoms. The van der Waals surface area contributed by atoms with E-state index >= 15 is 0 Å². The molecular formula is C18H12F2N4O. The number of nitrogens with zero attached hydrogens (tertiary/aromatic N) is 4. The van der Waals surface area contributed by atoms with Gasteiger partial charge in [-0.3, -0.25) is 4.98 Å². The number of hydrogen-bond donors (Lipinski definition) is 0. The van der Waals surface area contributed by atoms with Crippen LogP contribution in [0.25, 0.3) is 28.2 Å².